The molecule has 152 valence electrons. The molecule has 0 aliphatic carbocycles. The number of benzene rings is 2. The Bertz CT molecular complexity index is 900. The van der Waals surface area contributed by atoms with Crippen molar-refractivity contribution in [2.24, 2.45) is 0 Å². The van der Waals surface area contributed by atoms with Gasteiger partial charge in [-0.15, -0.1) is 0 Å². The molecule has 2 aromatic rings. The molecule has 1 N–H and O–H groups in total. The number of carbonyl (C=O) groups is 3. The van der Waals surface area contributed by atoms with E-state index >= 15 is 0 Å². The molecule has 1 amide bonds. The zero-order valence-corrected chi connectivity index (χ0v) is 17.1. The average Bonchev–Trinajstić information content (AvgIpc) is 2.73. The quantitative estimate of drug-likeness (QED) is 0.763. The van der Waals surface area contributed by atoms with Gasteiger partial charge in [-0.25, -0.2) is 0 Å². The molecule has 6 nitrogen and oxygen atoms in total. The lowest BCUT2D eigenvalue weighted by molar-refractivity contribution is -0.120. The predicted octanol–water partition coefficient (Wildman–Crippen LogP) is 3.24. The fraction of sp³-hybridized carbons (Fsp3) is 0.348. The molecule has 29 heavy (non-hydrogen) atoms. The summed E-state index contributed by atoms with van der Waals surface area (Å²) in [6, 6.07) is 14.4. The second-order valence-electron chi connectivity index (χ2n) is 7.43. The smallest absolute Gasteiger partial charge is 0.241 e. The van der Waals surface area contributed by atoms with Gasteiger partial charge in [0.05, 0.1) is 6.04 Å². The van der Waals surface area contributed by atoms with Crippen LogP contribution in [0.5, 0.6) is 0 Å². The maximum Gasteiger partial charge on any atom is 0.241 e. The Morgan fingerprint density at radius 2 is 1.48 bits per heavy atom. The number of anilines is 2. The highest BCUT2D eigenvalue weighted by atomic mass is 16.2. The minimum absolute atomic E-state index is 0.0263. The van der Waals surface area contributed by atoms with Gasteiger partial charge in [0.15, 0.2) is 11.6 Å². The fourth-order valence-corrected chi connectivity index (χ4v) is 3.50. The van der Waals surface area contributed by atoms with E-state index in [0.717, 1.165) is 31.9 Å². The largest absolute Gasteiger partial charge is 0.369 e. The fourth-order valence-electron chi connectivity index (χ4n) is 3.50. The van der Waals surface area contributed by atoms with Crippen LogP contribution in [0.15, 0.2) is 48.5 Å². The number of nitrogens with one attached hydrogen (secondary N) is 1. The Balaban J connectivity index is 1.56. The van der Waals surface area contributed by atoms with Crippen LogP contribution in [0.3, 0.4) is 0 Å². The van der Waals surface area contributed by atoms with Crippen LogP contribution in [0.1, 0.15) is 41.5 Å². The van der Waals surface area contributed by atoms with Crippen molar-refractivity contribution in [2.45, 2.75) is 26.8 Å². The van der Waals surface area contributed by atoms with Crippen molar-refractivity contribution in [2.75, 3.05) is 36.4 Å². The van der Waals surface area contributed by atoms with Crippen LogP contribution in [0, 0.1) is 0 Å². The maximum atomic E-state index is 12.7. The van der Waals surface area contributed by atoms with E-state index in [1.807, 2.05) is 31.2 Å². The summed E-state index contributed by atoms with van der Waals surface area (Å²) in [6.07, 6.45) is 0. The van der Waals surface area contributed by atoms with E-state index in [0.29, 0.717) is 16.8 Å². The first kappa shape index (κ1) is 20.7. The van der Waals surface area contributed by atoms with Crippen molar-refractivity contribution in [3.63, 3.8) is 0 Å². The molecule has 1 saturated heterocycles. The topological polar surface area (TPSA) is 69.7 Å². The molecular weight excluding hydrogens is 366 g/mol. The van der Waals surface area contributed by atoms with Crippen molar-refractivity contribution < 1.29 is 14.4 Å². The minimum Gasteiger partial charge on any atom is -0.369 e. The highest BCUT2D eigenvalue weighted by Gasteiger charge is 2.26. The van der Waals surface area contributed by atoms with E-state index in [1.54, 1.807) is 31.2 Å². The highest BCUT2D eigenvalue weighted by Crippen LogP contribution is 2.19. The second-order valence-corrected chi connectivity index (χ2v) is 7.43. The number of hydrogen-bond donors (Lipinski definition) is 1. The summed E-state index contributed by atoms with van der Waals surface area (Å²) in [4.78, 5) is 40.0. The van der Waals surface area contributed by atoms with Crippen LogP contribution in [0.2, 0.25) is 0 Å². The van der Waals surface area contributed by atoms with E-state index in [1.165, 1.54) is 6.92 Å². The maximum absolute atomic E-state index is 12.7. The standard InChI is InChI=1S/C23H27N3O3/c1-16(23(29)24-21-6-4-5-20(15-21)18(3)28)25-11-13-26(14-12-25)22-9-7-19(8-10-22)17(2)27/h4-10,15-16H,11-14H2,1-3H3,(H,24,29)/t16-/m1/s1. The number of piperazine rings is 1. The lowest BCUT2D eigenvalue weighted by Crippen LogP contribution is -2.52. The van der Waals surface area contributed by atoms with E-state index in [-0.39, 0.29) is 23.5 Å². The Hall–Kier alpha value is -2.99. The normalized spacial score (nSPS) is 15.6. The third kappa shape index (κ3) is 5.09. The number of ketones is 2. The van der Waals surface area contributed by atoms with Crippen molar-refractivity contribution >= 4 is 28.8 Å². The predicted molar refractivity (Wildman–Crippen MR) is 115 cm³/mol. The summed E-state index contributed by atoms with van der Waals surface area (Å²) in [7, 11) is 0. The van der Waals surface area contributed by atoms with Crippen molar-refractivity contribution in [3.05, 3.63) is 59.7 Å². The van der Waals surface area contributed by atoms with Crippen LogP contribution in [0.4, 0.5) is 11.4 Å². The van der Waals surface area contributed by atoms with Gasteiger partial charge in [0.1, 0.15) is 0 Å². The van der Waals surface area contributed by atoms with Crippen LogP contribution in [-0.2, 0) is 4.79 Å². The van der Waals surface area contributed by atoms with Gasteiger partial charge in [-0.2, -0.15) is 0 Å². The summed E-state index contributed by atoms with van der Waals surface area (Å²) in [6.45, 7) is 8.16. The molecule has 0 radical (unpaired) electrons. The molecule has 0 aromatic heterocycles. The van der Waals surface area contributed by atoms with E-state index in [2.05, 4.69) is 15.1 Å². The van der Waals surface area contributed by atoms with Gasteiger partial charge in [-0.1, -0.05) is 12.1 Å². The first-order chi connectivity index (χ1) is 13.8. The summed E-state index contributed by atoms with van der Waals surface area (Å²) >= 11 is 0. The summed E-state index contributed by atoms with van der Waals surface area (Å²) in [5, 5.41) is 2.92. The lowest BCUT2D eigenvalue weighted by Gasteiger charge is -2.38. The van der Waals surface area contributed by atoms with Crippen LogP contribution in [-0.4, -0.2) is 54.6 Å². The monoisotopic (exact) mass is 393 g/mol. The molecule has 2 aromatic carbocycles. The molecule has 0 spiro atoms. The first-order valence-electron chi connectivity index (χ1n) is 9.87. The molecule has 0 unspecified atom stereocenters. The summed E-state index contributed by atoms with van der Waals surface area (Å²) in [5.74, 6) is -0.0402. The first-order valence-corrected chi connectivity index (χ1v) is 9.87. The molecule has 0 saturated carbocycles. The Kier molecular flexibility index (Phi) is 6.44. The Morgan fingerprint density at radius 3 is 2.07 bits per heavy atom. The molecule has 6 heteroatoms. The SMILES string of the molecule is CC(=O)c1ccc(N2CCN([C@H](C)C(=O)Nc3cccc(C(C)=O)c3)CC2)cc1. The van der Waals surface area contributed by atoms with Gasteiger partial charge in [0.25, 0.3) is 0 Å². The number of carbonyl (C=O) groups excluding carboxylic acids is 3. The molecule has 3 rings (SSSR count). The minimum atomic E-state index is -0.266. The third-order valence-electron chi connectivity index (χ3n) is 5.42. The highest BCUT2D eigenvalue weighted by molar-refractivity contribution is 5.98. The molecule has 1 aliphatic rings. The number of Topliss-reactive ketones (excluding diaryl/α,β-unsaturated/α-hetero) is 2. The zero-order valence-electron chi connectivity index (χ0n) is 17.1. The lowest BCUT2D eigenvalue weighted by atomic mass is 10.1. The number of amides is 1. The van der Waals surface area contributed by atoms with Gasteiger partial charge in [-0.3, -0.25) is 19.3 Å². The van der Waals surface area contributed by atoms with Gasteiger partial charge < -0.3 is 10.2 Å². The third-order valence-corrected chi connectivity index (χ3v) is 5.42. The number of rotatable bonds is 6. The van der Waals surface area contributed by atoms with Crippen molar-refractivity contribution in [3.8, 4) is 0 Å². The molecule has 0 bridgehead atoms. The van der Waals surface area contributed by atoms with E-state index in [4.69, 9.17) is 0 Å². The second kappa shape index (κ2) is 9.01. The molecule has 1 fully saturated rings. The van der Waals surface area contributed by atoms with Crippen molar-refractivity contribution in [1.82, 2.24) is 4.90 Å². The summed E-state index contributed by atoms with van der Waals surface area (Å²) in [5.41, 5.74) is 3.03. The number of nitrogens with zero attached hydrogens (tertiary/aromatic N) is 2. The van der Waals surface area contributed by atoms with E-state index < -0.39 is 0 Å². The Morgan fingerprint density at radius 1 is 0.862 bits per heavy atom. The van der Waals surface area contributed by atoms with Gasteiger partial charge in [-0.05, 0) is 57.2 Å². The Labute approximate surface area is 171 Å². The van der Waals surface area contributed by atoms with E-state index in [9.17, 15) is 14.4 Å². The van der Waals surface area contributed by atoms with Crippen LogP contribution < -0.4 is 10.2 Å². The average molecular weight is 393 g/mol. The molecule has 1 heterocycles. The van der Waals surface area contributed by atoms with Crippen LogP contribution in [0.25, 0.3) is 0 Å². The molecule has 1 atom stereocenters. The van der Waals surface area contributed by atoms with Gasteiger partial charge in [0.2, 0.25) is 5.91 Å². The van der Waals surface area contributed by atoms with Gasteiger partial charge in [0, 0.05) is 48.7 Å². The van der Waals surface area contributed by atoms with Crippen LogP contribution >= 0.6 is 0 Å². The summed E-state index contributed by atoms with van der Waals surface area (Å²) < 4.78 is 0. The zero-order chi connectivity index (χ0) is 21.0. The molecule has 1 aliphatic heterocycles. The number of hydrogen-bond acceptors (Lipinski definition) is 5. The molecular formula is C23H27N3O3. The van der Waals surface area contributed by atoms with Gasteiger partial charge >= 0.3 is 0 Å². The van der Waals surface area contributed by atoms with Crippen molar-refractivity contribution in [1.29, 1.82) is 0 Å².